The molecule has 0 saturated carbocycles. The van der Waals surface area contributed by atoms with E-state index in [1.807, 2.05) is 0 Å². The minimum Gasteiger partial charge on any atom is -0.462 e. The molecule has 0 aliphatic carbocycles. The summed E-state index contributed by atoms with van der Waals surface area (Å²) in [6.07, 6.45) is 92.2. The monoisotopic (exact) mass is 1150 g/mol. The van der Waals surface area contributed by atoms with E-state index in [0.717, 1.165) is 103 Å². The number of carbonyl (C=O) groups excluding carboxylic acids is 3. The number of carbonyl (C=O) groups is 3. The van der Waals surface area contributed by atoms with Crippen molar-refractivity contribution in [3.05, 3.63) is 72.9 Å². The molecule has 0 N–H and O–H groups in total. The molecule has 82 heavy (non-hydrogen) atoms. The zero-order valence-corrected chi connectivity index (χ0v) is 54.8. The van der Waals surface area contributed by atoms with E-state index in [1.165, 1.54) is 231 Å². The number of hydrogen-bond acceptors (Lipinski definition) is 6. The molecule has 6 heteroatoms. The van der Waals surface area contributed by atoms with Crippen molar-refractivity contribution in [3.63, 3.8) is 0 Å². The summed E-state index contributed by atoms with van der Waals surface area (Å²) < 4.78 is 17.0. The Labute approximate surface area is 510 Å². The Morgan fingerprint density at radius 1 is 0.256 bits per heavy atom. The normalized spacial score (nSPS) is 12.5. The summed E-state index contributed by atoms with van der Waals surface area (Å²) in [5.41, 5.74) is 0. The SMILES string of the molecule is CC/C=C\C/C=C\C/C=C\C/C=C\CCCCCCC(=O)OCC(COC(=O)CCCCCCCCCCCCCCCCCCCCCCCCCCCCCC)OC(=O)CCCCCCCCCCC/C=C\C/C=C\CCCCC. The van der Waals surface area contributed by atoms with Crippen LogP contribution < -0.4 is 0 Å². The number of hydrogen-bond donors (Lipinski definition) is 0. The zero-order chi connectivity index (χ0) is 59.2. The van der Waals surface area contributed by atoms with Gasteiger partial charge in [0.25, 0.3) is 0 Å². The first-order valence-corrected chi connectivity index (χ1v) is 35.9. The summed E-state index contributed by atoms with van der Waals surface area (Å²) in [7, 11) is 0. The van der Waals surface area contributed by atoms with E-state index < -0.39 is 6.10 Å². The molecule has 0 spiro atoms. The van der Waals surface area contributed by atoms with E-state index in [9.17, 15) is 14.4 Å². The Morgan fingerprint density at radius 3 is 0.768 bits per heavy atom. The molecule has 0 aromatic carbocycles. The predicted octanol–water partition coefficient (Wildman–Crippen LogP) is 24.8. The lowest BCUT2D eigenvalue weighted by Crippen LogP contribution is -2.30. The van der Waals surface area contributed by atoms with Crippen LogP contribution in [0.3, 0.4) is 0 Å². The summed E-state index contributed by atoms with van der Waals surface area (Å²) in [4.78, 5) is 38.5. The lowest BCUT2D eigenvalue weighted by atomic mass is 10.0. The van der Waals surface area contributed by atoms with E-state index >= 15 is 0 Å². The fourth-order valence-corrected chi connectivity index (χ4v) is 10.6. The second-order valence-corrected chi connectivity index (χ2v) is 24.1. The van der Waals surface area contributed by atoms with Crippen molar-refractivity contribution in [3.8, 4) is 0 Å². The molecular weight excluding hydrogens is 1010 g/mol. The number of unbranched alkanes of at least 4 members (excludes halogenated alkanes) is 43. The van der Waals surface area contributed by atoms with Gasteiger partial charge in [-0.2, -0.15) is 0 Å². The van der Waals surface area contributed by atoms with E-state index in [-0.39, 0.29) is 31.1 Å². The molecule has 6 nitrogen and oxygen atoms in total. The van der Waals surface area contributed by atoms with Crippen molar-refractivity contribution in [1.29, 1.82) is 0 Å². The maximum atomic E-state index is 13.0. The first-order valence-electron chi connectivity index (χ1n) is 35.9. The molecule has 0 rings (SSSR count). The molecule has 476 valence electrons. The first-order chi connectivity index (χ1) is 40.5. The minimum absolute atomic E-state index is 0.0818. The topological polar surface area (TPSA) is 78.9 Å². The molecule has 0 aliphatic heterocycles. The number of ether oxygens (including phenoxy) is 3. The van der Waals surface area contributed by atoms with Crippen LogP contribution in [0.2, 0.25) is 0 Å². The highest BCUT2D eigenvalue weighted by Gasteiger charge is 2.19. The maximum Gasteiger partial charge on any atom is 0.306 e. The highest BCUT2D eigenvalue weighted by atomic mass is 16.6. The van der Waals surface area contributed by atoms with Gasteiger partial charge < -0.3 is 14.2 Å². The van der Waals surface area contributed by atoms with Crippen molar-refractivity contribution in [2.75, 3.05) is 13.2 Å². The Hall–Kier alpha value is -3.15. The molecule has 0 aliphatic rings. The third-order valence-corrected chi connectivity index (χ3v) is 15.9. The molecule has 1 unspecified atom stereocenters. The van der Waals surface area contributed by atoms with Gasteiger partial charge in [-0.05, 0) is 89.9 Å². The molecular formula is C76H136O6. The van der Waals surface area contributed by atoms with Gasteiger partial charge in [0.05, 0.1) is 0 Å². The number of esters is 3. The lowest BCUT2D eigenvalue weighted by Gasteiger charge is -2.18. The van der Waals surface area contributed by atoms with Crippen LogP contribution in [0.5, 0.6) is 0 Å². The second-order valence-electron chi connectivity index (χ2n) is 24.1. The zero-order valence-electron chi connectivity index (χ0n) is 54.8. The van der Waals surface area contributed by atoms with Gasteiger partial charge in [-0.15, -0.1) is 0 Å². The smallest absolute Gasteiger partial charge is 0.306 e. The molecule has 0 fully saturated rings. The third kappa shape index (κ3) is 67.6. The van der Waals surface area contributed by atoms with Crippen molar-refractivity contribution < 1.29 is 28.6 Å². The Morgan fingerprint density at radius 2 is 0.476 bits per heavy atom. The summed E-state index contributed by atoms with van der Waals surface area (Å²) in [5.74, 6) is -0.889. The van der Waals surface area contributed by atoms with Crippen LogP contribution in [0.25, 0.3) is 0 Å². The minimum atomic E-state index is -0.789. The molecule has 0 radical (unpaired) electrons. The van der Waals surface area contributed by atoms with Gasteiger partial charge >= 0.3 is 17.9 Å². The van der Waals surface area contributed by atoms with Crippen LogP contribution >= 0.6 is 0 Å². The van der Waals surface area contributed by atoms with Crippen LogP contribution in [0.1, 0.15) is 374 Å². The molecule has 0 heterocycles. The fraction of sp³-hybridized carbons (Fsp3) is 0.803. The van der Waals surface area contributed by atoms with Crippen LogP contribution in [-0.4, -0.2) is 37.2 Å². The van der Waals surface area contributed by atoms with Crippen molar-refractivity contribution in [2.45, 2.75) is 380 Å². The van der Waals surface area contributed by atoms with Gasteiger partial charge in [-0.3, -0.25) is 14.4 Å². The fourth-order valence-electron chi connectivity index (χ4n) is 10.6. The molecule has 1 atom stereocenters. The lowest BCUT2D eigenvalue weighted by molar-refractivity contribution is -0.167. The van der Waals surface area contributed by atoms with E-state index in [4.69, 9.17) is 14.2 Å². The first kappa shape index (κ1) is 78.8. The second kappa shape index (κ2) is 70.3. The van der Waals surface area contributed by atoms with Crippen molar-refractivity contribution in [2.24, 2.45) is 0 Å². The van der Waals surface area contributed by atoms with Gasteiger partial charge in [0.2, 0.25) is 0 Å². The number of allylic oxidation sites excluding steroid dienone is 12. The quantitative estimate of drug-likeness (QED) is 0.0261. The van der Waals surface area contributed by atoms with E-state index in [2.05, 4.69) is 93.7 Å². The van der Waals surface area contributed by atoms with Crippen LogP contribution in [0.15, 0.2) is 72.9 Å². The third-order valence-electron chi connectivity index (χ3n) is 15.9. The Kier molecular flexibility index (Phi) is 67.6. The highest BCUT2D eigenvalue weighted by Crippen LogP contribution is 2.18. The van der Waals surface area contributed by atoms with Crippen LogP contribution in [-0.2, 0) is 28.6 Å². The standard InChI is InChI=1S/C76H136O6/c1-4-7-10-13-16-19-22-25-28-31-33-34-35-36-37-38-39-40-41-43-45-48-51-54-57-60-63-66-69-75(78)81-72-73(71-80-74(77)68-65-62-59-56-53-50-47-44-30-27-24-21-18-15-12-9-6-3)82-76(79)70-67-64-61-58-55-52-49-46-42-32-29-26-23-20-17-14-11-8-5-2/h9,12,17-18,20-21,26-27,29-30,47,50,73H,4-8,10-11,13-16,19,22-25,28,31-46,48-49,51-72H2,1-3H3/b12-9-,20-17-,21-18-,29-26-,30-27-,50-47-. The van der Waals surface area contributed by atoms with Crippen LogP contribution in [0, 0.1) is 0 Å². The average Bonchev–Trinajstić information content (AvgIpc) is 3.47. The van der Waals surface area contributed by atoms with Crippen LogP contribution in [0.4, 0.5) is 0 Å². The van der Waals surface area contributed by atoms with Gasteiger partial charge in [0.15, 0.2) is 6.10 Å². The molecule has 0 bridgehead atoms. The van der Waals surface area contributed by atoms with Gasteiger partial charge in [0, 0.05) is 19.3 Å². The van der Waals surface area contributed by atoms with Gasteiger partial charge in [-0.25, -0.2) is 0 Å². The van der Waals surface area contributed by atoms with Crippen molar-refractivity contribution >= 4 is 17.9 Å². The predicted molar refractivity (Wildman–Crippen MR) is 358 cm³/mol. The summed E-state index contributed by atoms with van der Waals surface area (Å²) in [5, 5.41) is 0. The van der Waals surface area contributed by atoms with E-state index in [0.29, 0.717) is 19.3 Å². The molecule has 0 aromatic rings. The largest absolute Gasteiger partial charge is 0.462 e. The molecule has 0 saturated heterocycles. The average molecular weight is 1150 g/mol. The van der Waals surface area contributed by atoms with Crippen molar-refractivity contribution in [1.82, 2.24) is 0 Å². The summed E-state index contributed by atoms with van der Waals surface area (Å²) in [6, 6.07) is 0. The van der Waals surface area contributed by atoms with Gasteiger partial charge in [-0.1, -0.05) is 338 Å². The maximum absolute atomic E-state index is 13.0. The Bertz CT molecular complexity index is 1500. The molecule has 0 aromatic heterocycles. The highest BCUT2D eigenvalue weighted by molar-refractivity contribution is 5.71. The summed E-state index contributed by atoms with van der Waals surface area (Å²) in [6.45, 7) is 6.54. The Balaban J connectivity index is 4.28. The van der Waals surface area contributed by atoms with Gasteiger partial charge in [0.1, 0.15) is 13.2 Å². The van der Waals surface area contributed by atoms with E-state index in [1.54, 1.807) is 0 Å². The number of rotatable bonds is 66. The molecule has 0 amide bonds. The summed E-state index contributed by atoms with van der Waals surface area (Å²) >= 11 is 0.